The third-order valence-electron chi connectivity index (χ3n) is 3.25. The monoisotopic (exact) mass is 334 g/mol. The minimum absolute atomic E-state index is 0. The van der Waals surface area contributed by atoms with Crippen LogP contribution in [-0.2, 0) is 0 Å². The van der Waals surface area contributed by atoms with Crippen molar-refractivity contribution >= 4 is 0 Å². The highest BCUT2D eigenvalue weighted by Gasteiger charge is 2.19. The van der Waals surface area contributed by atoms with Gasteiger partial charge in [-0.15, -0.1) is 0 Å². The summed E-state index contributed by atoms with van der Waals surface area (Å²) in [4.78, 5) is 0. The lowest BCUT2D eigenvalue weighted by molar-refractivity contribution is -0.00100. The lowest BCUT2D eigenvalue weighted by atomic mass is 10.2. The Labute approximate surface area is 139 Å². The summed E-state index contributed by atoms with van der Waals surface area (Å²) in [7, 11) is 0. The van der Waals surface area contributed by atoms with E-state index in [0.717, 1.165) is 37.6 Å². The van der Waals surface area contributed by atoms with Crippen molar-refractivity contribution in [1.82, 2.24) is 5.32 Å². The second-order valence-corrected chi connectivity index (χ2v) is 4.90. The van der Waals surface area contributed by atoms with Crippen LogP contribution in [0.15, 0.2) is 24.3 Å². The van der Waals surface area contributed by atoms with E-state index in [-0.39, 0.29) is 30.9 Å². The van der Waals surface area contributed by atoms with Crippen molar-refractivity contribution in [2.45, 2.75) is 31.8 Å². The molecule has 1 unspecified atom stereocenters. The Bertz CT molecular complexity index is 380. The summed E-state index contributed by atoms with van der Waals surface area (Å²) in [6.07, 6.45) is 4.92. The number of unbranched alkanes of at least 4 members (excludes halogenated alkanes) is 3. The zero-order valence-electron chi connectivity index (χ0n) is 12.2. The maximum absolute atomic E-state index is 5.87. The Morgan fingerprint density at radius 3 is 2.52 bits per heavy atom. The van der Waals surface area contributed by atoms with Gasteiger partial charge in [-0.25, -0.2) is 0 Å². The van der Waals surface area contributed by atoms with Gasteiger partial charge in [-0.05, 0) is 38.1 Å². The van der Waals surface area contributed by atoms with Crippen molar-refractivity contribution in [3.05, 3.63) is 24.3 Å². The van der Waals surface area contributed by atoms with E-state index < -0.39 is 0 Å². The van der Waals surface area contributed by atoms with Gasteiger partial charge >= 0.3 is 0 Å². The lowest BCUT2D eigenvalue weighted by Crippen LogP contribution is -3.00. The smallest absolute Gasteiger partial charge is 0.161 e. The molecular weight excluding hydrogens is 311 g/mol. The molecule has 0 saturated heterocycles. The minimum Gasteiger partial charge on any atom is -1.00 e. The van der Waals surface area contributed by atoms with Crippen molar-refractivity contribution in [3.8, 4) is 11.5 Å². The lowest BCUT2D eigenvalue weighted by Gasteiger charge is -2.26. The molecule has 3 N–H and O–H groups in total. The Morgan fingerprint density at radius 2 is 1.76 bits per heavy atom. The predicted molar refractivity (Wildman–Crippen MR) is 76.7 cm³/mol. The Kier molecular flexibility index (Phi) is 11.5. The molecule has 0 radical (unpaired) electrons. The molecule has 1 atom stereocenters. The van der Waals surface area contributed by atoms with Gasteiger partial charge in [0.2, 0.25) is 0 Å². The third kappa shape index (κ3) is 7.23. The van der Waals surface area contributed by atoms with E-state index in [4.69, 9.17) is 15.2 Å². The molecule has 0 aliphatic carbocycles. The minimum atomic E-state index is 0. The fraction of sp³-hybridized carbons (Fsp3) is 0.600. The highest BCUT2D eigenvalue weighted by atomic mass is 35.5. The van der Waals surface area contributed by atoms with Crippen molar-refractivity contribution in [2.24, 2.45) is 5.73 Å². The van der Waals surface area contributed by atoms with Crippen LogP contribution in [0.3, 0.4) is 0 Å². The molecule has 1 aliphatic heterocycles. The van der Waals surface area contributed by atoms with Crippen molar-refractivity contribution in [3.63, 3.8) is 0 Å². The number of benzene rings is 1. The van der Waals surface area contributed by atoms with E-state index >= 15 is 0 Å². The SMILES string of the molecule is NCCCCCCNCC1COc2ccccc2O1.[Cl-].[Cl-]. The first-order valence-electron chi connectivity index (χ1n) is 7.19. The number of nitrogens with one attached hydrogen (secondary N) is 1. The van der Waals surface area contributed by atoms with Gasteiger partial charge in [0.1, 0.15) is 12.7 Å². The van der Waals surface area contributed by atoms with Gasteiger partial charge in [-0.1, -0.05) is 25.0 Å². The van der Waals surface area contributed by atoms with E-state index in [0.29, 0.717) is 6.61 Å². The first-order chi connectivity index (χ1) is 9.40. The number of hydrogen-bond donors (Lipinski definition) is 2. The van der Waals surface area contributed by atoms with Crippen LogP contribution in [-0.4, -0.2) is 32.3 Å². The number of nitrogens with two attached hydrogens (primary N) is 1. The molecule has 6 heteroatoms. The number of hydrogen-bond acceptors (Lipinski definition) is 4. The summed E-state index contributed by atoms with van der Waals surface area (Å²) < 4.78 is 11.5. The Hall–Kier alpha value is -0.680. The van der Waals surface area contributed by atoms with Crippen molar-refractivity contribution in [1.29, 1.82) is 0 Å². The van der Waals surface area contributed by atoms with E-state index in [1.54, 1.807) is 0 Å². The van der Waals surface area contributed by atoms with Gasteiger partial charge < -0.3 is 45.3 Å². The van der Waals surface area contributed by atoms with Gasteiger partial charge in [0, 0.05) is 6.54 Å². The molecular formula is C15H24Cl2N2O2-2. The molecule has 122 valence electrons. The van der Waals surface area contributed by atoms with Gasteiger partial charge in [-0.2, -0.15) is 0 Å². The zero-order valence-corrected chi connectivity index (χ0v) is 13.7. The van der Waals surface area contributed by atoms with Crippen LogP contribution in [0, 0.1) is 0 Å². The van der Waals surface area contributed by atoms with Crippen LogP contribution in [0.1, 0.15) is 25.7 Å². The molecule has 1 aliphatic rings. The standard InChI is InChI=1S/C15H24N2O2.2ClH/c16-9-5-1-2-6-10-17-11-13-12-18-14-7-3-4-8-15(14)19-13;;/h3-4,7-8,13,17H,1-2,5-6,9-12,16H2;2*1H/p-2. The summed E-state index contributed by atoms with van der Waals surface area (Å²) in [6, 6.07) is 7.82. The van der Waals surface area contributed by atoms with Crippen LogP contribution < -0.4 is 45.3 Å². The van der Waals surface area contributed by atoms with E-state index in [1.165, 1.54) is 19.3 Å². The summed E-state index contributed by atoms with van der Waals surface area (Å²) in [5.41, 5.74) is 5.46. The highest BCUT2D eigenvalue weighted by molar-refractivity contribution is 5.40. The largest absolute Gasteiger partial charge is 1.00 e. The normalized spacial score (nSPS) is 15.8. The third-order valence-corrected chi connectivity index (χ3v) is 3.25. The molecule has 0 saturated carbocycles. The van der Waals surface area contributed by atoms with Crippen LogP contribution >= 0.6 is 0 Å². The van der Waals surface area contributed by atoms with Crippen LogP contribution in [0.2, 0.25) is 0 Å². The molecule has 4 nitrogen and oxygen atoms in total. The van der Waals surface area contributed by atoms with Crippen LogP contribution in [0.4, 0.5) is 0 Å². The number of rotatable bonds is 8. The number of halogens is 2. The summed E-state index contributed by atoms with van der Waals surface area (Å²) in [5.74, 6) is 1.70. The maximum Gasteiger partial charge on any atom is 0.161 e. The van der Waals surface area contributed by atoms with Gasteiger partial charge in [0.05, 0.1) is 0 Å². The Balaban J connectivity index is 0.00000200. The first-order valence-corrected chi connectivity index (χ1v) is 7.19. The van der Waals surface area contributed by atoms with E-state index in [1.807, 2.05) is 24.3 Å². The average Bonchev–Trinajstić information content (AvgIpc) is 2.46. The molecule has 21 heavy (non-hydrogen) atoms. The fourth-order valence-electron chi connectivity index (χ4n) is 2.17. The van der Waals surface area contributed by atoms with Gasteiger partial charge in [-0.3, -0.25) is 0 Å². The maximum atomic E-state index is 5.87. The average molecular weight is 335 g/mol. The molecule has 0 spiro atoms. The molecule has 1 aromatic carbocycles. The van der Waals surface area contributed by atoms with Gasteiger partial charge in [0.15, 0.2) is 11.5 Å². The van der Waals surface area contributed by atoms with E-state index in [2.05, 4.69) is 5.32 Å². The molecule has 1 aromatic rings. The summed E-state index contributed by atoms with van der Waals surface area (Å²) in [6.45, 7) is 3.30. The highest BCUT2D eigenvalue weighted by Crippen LogP contribution is 2.30. The fourth-order valence-corrected chi connectivity index (χ4v) is 2.17. The second kappa shape index (κ2) is 11.9. The zero-order chi connectivity index (χ0) is 13.3. The van der Waals surface area contributed by atoms with Crippen LogP contribution in [0.5, 0.6) is 11.5 Å². The molecule has 0 amide bonds. The quantitative estimate of drug-likeness (QED) is 0.475. The molecule has 0 fully saturated rings. The molecule has 2 rings (SSSR count). The summed E-state index contributed by atoms with van der Waals surface area (Å²) in [5, 5.41) is 3.43. The molecule has 0 bridgehead atoms. The first kappa shape index (κ1) is 20.3. The topological polar surface area (TPSA) is 56.5 Å². The molecule has 1 heterocycles. The Morgan fingerprint density at radius 1 is 1.05 bits per heavy atom. The van der Waals surface area contributed by atoms with Crippen molar-refractivity contribution in [2.75, 3.05) is 26.2 Å². The number of para-hydroxylation sites is 2. The van der Waals surface area contributed by atoms with Gasteiger partial charge in [0.25, 0.3) is 0 Å². The van der Waals surface area contributed by atoms with E-state index in [9.17, 15) is 0 Å². The number of fused-ring (bicyclic) bond motifs is 1. The van der Waals surface area contributed by atoms with Crippen LogP contribution in [0.25, 0.3) is 0 Å². The predicted octanol–water partition coefficient (Wildman–Crippen LogP) is -4.06. The molecule has 0 aromatic heterocycles. The van der Waals surface area contributed by atoms with Crippen molar-refractivity contribution < 1.29 is 34.3 Å². The second-order valence-electron chi connectivity index (χ2n) is 4.90. The summed E-state index contributed by atoms with van der Waals surface area (Å²) >= 11 is 0. The number of ether oxygens (including phenoxy) is 2.